The molecule has 0 radical (unpaired) electrons. The lowest BCUT2D eigenvalue weighted by molar-refractivity contribution is -0.142. The van der Waals surface area contributed by atoms with Gasteiger partial charge in [0.2, 0.25) is 17.7 Å². The van der Waals surface area contributed by atoms with Gasteiger partial charge in [-0.2, -0.15) is 0 Å². The van der Waals surface area contributed by atoms with E-state index in [1.165, 1.54) is 0 Å². The summed E-state index contributed by atoms with van der Waals surface area (Å²) in [5.74, 6) is -2.77. The van der Waals surface area contributed by atoms with E-state index in [0.29, 0.717) is 0 Å². The zero-order chi connectivity index (χ0) is 28.0. The van der Waals surface area contributed by atoms with Crippen molar-refractivity contribution < 1.29 is 24.3 Å². The number of nitrogens with two attached hydrogens (primary N) is 1. The first-order chi connectivity index (χ1) is 18.9. The monoisotopic (exact) mass is 530 g/mol. The first kappa shape index (κ1) is 29.1. The third-order valence-electron chi connectivity index (χ3n) is 6.12. The maximum atomic E-state index is 13.4. The van der Waals surface area contributed by atoms with Crippen LogP contribution in [0.15, 0.2) is 91.0 Å². The number of carboxylic acids is 1. The topological polar surface area (TPSA) is 151 Å². The Morgan fingerprint density at radius 1 is 0.590 bits per heavy atom. The Balaban J connectivity index is 1.81. The fourth-order valence-electron chi connectivity index (χ4n) is 4.11. The van der Waals surface area contributed by atoms with Crippen molar-refractivity contribution in [3.63, 3.8) is 0 Å². The van der Waals surface area contributed by atoms with Crippen molar-refractivity contribution in [2.75, 3.05) is 6.54 Å². The molecule has 0 aliphatic heterocycles. The van der Waals surface area contributed by atoms with Gasteiger partial charge < -0.3 is 26.8 Å². The van der Waals surface area contributed by atoms with Crippen LogP contribution in [0.3, 0.4) is 0 Å². The van der Waals surface area contributed by atoms with Crippen molar-refractivity contribution in [1.82, 2.24) is 16.0 Å². The highest BCUT2D eigenvalue weighted by Crippen LogP contribution is 2.09. The van der Waals surface area contributed by atoms with Gasteiger partial charge in [-0.25, -0.2) is 4.79 Å². The molecule has 3 atom stereocenters. The van der Waals surface area contributed by atoms with Crippen molar-refractivity contribution >= 4 is 23.7 Å². The second-order valence-corrected chi connectivity index (χ2v) is 9.19. The number of carbonyl (C=O) groups excluding carboxylic acids is 3. The highest BCUT2D eigenvalue weighted by Gasteiger charge is 2.30. The molecule has 39 heavy (non-hydrogen) atoms. The van der Waals surface area contributed by atoms with Crippen LogP contribution in [-0.2, 0) is 38.4 Å². The number of amides is 3. The molecule has 3 amide bonds. The second-order valence-electron chi connectivity index (χ2n) is 9.19. The number of aliphatic carboxylic acids is 1. The molecule has 0 saturated heterocycles. The van der Waals surface area contributed by atoms with E-state index in [0.717, 1.165) is 16.7 Å². The van der Waals surface area contributed by atoms with Crippen molar-refractivity contribution in [3.05, 3.63) is 108 Å². The third-order valence-corrected chi connectivity index (χ3v) is 6.12. The molecule has 9 nitrogen and oxygen atoms in total. The zero-order valence-electron chi connectivity index (χ0n) is 21.6. The molecule has 0 saturated carbocycles. The van der Waals surface area contributed by atoms with Crippen LogP contribution in [-0.4, -0.2) is 53.5 Å². The van der Waals surface area contributed by atoms with Crippen LogP contribution in [0.5, 0.6) is 0 Å². The fraction of sp³-hybridized carbons (Fsp3) is 0.267. The number of nitrogens with one attached hydrogen (secondary N) is 3. The Morgan fingerprint density at radius 2 is 0.949 bits per heavy atom. The molecule has 0 aromatic heterocycles. The van der Waals surface area contributed by atoms with Crippen LogP contribution in [0, 0.1) is 0 Å². The van der Waals surface area contributed by atoms with Crippen molar-refractivity contribution in [1.29, 1.82) is 0 Å². The van der Waals surface area contributed by atoms with E-state index in [2.05, 4.69) is 16.0 Å². The van der Waals surface area contributed by atoms with Crippen LogP contribution >= 0.6 is 0 Å². The van der Waals surface area contributed by atoms with E-state index in [1.54, 1.807) is 24.3 Å². The summed E-state index contributed by atoms with van der Waals surface area (Å²) in [6, 6.07) is 24.0. The van der Waals surface area contributed by atoms with Crippen molar-refractivity contribution in [2.45, 2.75) is 43.8 Å². The predicted molar refractivity (Wildman–Crippen MR) is 148 cm³/mol. The molecule has 3 rings (SSSR count). The van der Waals surface area contributed by atoms with Crippen LogP contribution in [0.4, 0.5) is 0 Å². The van der Waals surface area contributed by atoms with Gasteiger partial charge in [0.1, 0.15) is 18.1 Å². The van der Waals surface area contributed by atoms with Crippen molar-refractivity contribution in [3.8, 4) is 0 Å². The lowest BCUT2D eigenvalue weighted by Crippen LogP contribution is -2.57. The largest absolute Gasteiger partial charge is 0.480 e. The lowest BCUT2D eigenvalue weighted by atomic mass is 10.0. The van der Waals surface area contributed by atoms with E-state index >= 15 is 0 Å². The van der Waals surface area contributed by atoms with Gasteiger partial charge in [0, 0.05) is 32.2 Å². The third kappa shape index (κ3) is 9.71. The Morgan fingerprint density at radius 3 is 1.33 bits per heavy atom. The number of carbonyl (C=O) groups is 4. The Bertz CT molecular complexity index is 1220. The maximum absolute atomic E-state index is 13.4. The van der Waals surface area contributed by atoms with Crippen LogP contribution in [0.2, 0.25) is 0 Å². The normalized spacial score (nSPS) is 12.9. The maximum Gasteiger partial charge on any atom is 0.326 e. The first-order valence-electron chi connectivity index (χ1n) is 12.8. The predicted octanol–water partition coefficient (Wildman–Crippen LogP) is 1.60. The summed E-state index contributed by atoms with van der Waals surface area (Å²) in [4.78, 5) is 51.2. The molecule has 204 valence electrons. The molecule has 0 aliphatic rings. The average Bonchev–Trinajstić information content (AvgIpc) is 2.93. The summed E-state index contributed by atoms with van der Waals surface area (Å²) >= 11 is 0. The van der Waals surface area contributed by atoms with Gasteiger partial charge in [0.05, 0.1) is 0 Å². The Labute approximate surface area is 227 Å². The molecule has 9 heteroatoms. The van der Waals surface area contributed by atoms with Crippen LogP contribution in [0.25, 0.3) is 0 Å². The highest BCUT2D eigenvalue weighted by atomic mass is 16.4. The van der Waals surface area contributed by atoms with Gasteiger partial charge in [-0.3, -0.25) is 14.4 Å². The quantitative estimate of drug-likeness (QED) is 0.214. The van der Waals surface area contributed by atoms with Crippen LogP contribution < -0.4 is 21.7 Å². The molecule has 0 aliphatic carbocycles. The molecule has 0 bridgehead atoms. The average molecular weight is 531 g/mol. The fourth-order valence-corrected chi connectivity index (χ4v) is 4.11. The van der Waals surface area contributed by atoms with Crippen LogP contribution in [0.1, 0.15) is 23.1 Å². The number of hydrogen-bond acceptors (Lipinski definition) is 5. The smallest absolute Gasteiger partial charge is 0.326 e. The summed E-state index contributed by atoms with van der Waals surface area (Å²) in [7, 11) is 0. The molecule has 0 spiro atoms. The molecule has 0 heterocycles. The number of carboxylic acid groups (broad SMARTS) is 1. The van der Waals surface area contributed by atoms with E-state index in [4.69, 9.17) is 5.73 Å². The molecule has 0 unspecified atom stereocenters. The summed E-state index contributed by atoms with van der Waals surface area (Å²) < 4.78 is 0. The van der Waals surface area contributed by atoms with Gasteiger partial charge in [0.25, 0.3) is 0 Å². The van der Waals surface area contributed by atoms with Gasteiger partial charge >= 0.3 is 5.97 Å². The van der Waals surface area contributed by atoms with E-state index < -0.39 is 35.9 Å². The highest BCUT2D eigenvalue weighted by molar-refractivity contribution is 5.93. The summed E-state index contributed by atoms with van der Waals surface area (Å²) in [5.41, 5.74) is 7.85. The molecule has 3 aromatic rings. The number of hydrogen-bond donors (Lipinski definition) is 5. The van der Waals surface area contributed by atoms with Gasteiger partial charge in [-0.05, 0) is 16.7 Å². The first-order valence-corrected chi connectivity index (χ1v) is 12.8. The lowest BCUT2D eigenvalue weighted by Gasteiger charge is -2.25. The SMILES string of the molecule is NCCC(=O)N[C@@H](Cc1ccccc1)C(=O)N[C@@H](Cc1ccccc1)C(=O)N[C@@H](Cc1ccccc1)C(=O)O. The minimum Gasteiger partial charge on any atom is -0.480 e. The molecule has 6 N–H and O–H groups in total. The molecule has 0 fully saturated rings. The van der Waals surface area contributed by atoms with E-state index in [9.17, 15) is 24.3 Å². The van der Waals surface area contributed by atoms with E-state index in [1.807, 2.05) is 66.7 Å². The summed E-state index contributed by atoms with van der Waals surface area (Å²) in [6.45, 7) is 0.128. The summed E-state index contributed by atoms with van der Waals surface area (Å²) in [6.07, 6.45) is 0.464. The molecule has 3 aromatic carbocycles. The standard InChI is InChI=1S/C30H34N4O5/c31-17-16-27(35)32-24(18-21-10-4-1-5-11-21)28(36)33-25(19-22-12-6-2-7-13-22)29(37)34-26(30(38)39)20-23-14-8-3-9-15-23/h1-15,24-26H,16-20,31H2,(H,32,35)(H,33,36)(H,34,37)(H,38,39)/t24-,25-,26-/m0/s1. The minimum atomic E-state index is -1.19. The summed E-state index contributed by atoms with van der Waals surface area (Å²) in [5, 5.41) is 17.8. The Hall–Kier alpha value is -4.50. The van der Waals surface area contributed by atoms with Gasteiger partial charge in [0.15, 0.2) is 0 Å². The van der Waals surface area contributed by atoms with Gasteiger partial charge in [-0.1, -0.05) is 91.0 Å². The van der Waals surface area contributed by atoms with Gasteiger partial charge in [-0.15, -0.1) is 0 Å². The Kier molecular flexibility index (Phi) is 11.2. The molecular weight excluding hydrogens is 496 g/mol. The minimum absolute atomic E-state index is 0.0479. The second kappa shape index (κ2) is 15.0. The number of rotatable bonds is 14. The number of benzene rings is 3. The van der Waals surface area contributed by atoms with Crippen molar-refractivity contribution in [2.24, 2.45) is 5.73 Å². The van der Waals surface area contributed by atoms with E-state index in [-0.39, 0.29) is 38.1 Å². The zero-order valence-corrected chi connectivity index (χ0v) is 21.6. The molecular formula is C30H34N4O5.